The van der Waals surface area contributed by atoms with Gasteiger partial charge in [-0.1, -0.05) is 142 Å². The van der Waals surface area contributed by atoms with Crippen molar-refractivity contribution in [3.63, 3.8) is 0 Å². The van der Waals surface area contributed by atoms with Gasteiger partial charge in [0.15, 0.2) is 6.10 Å². The number of unbranched alkanes of at least 4 members (excludes halogenated alkanes) is 20. The van der Waals surface area contributed by atoms with Crippen molar-refractivity contribution in [1.29, 1.82) is 0 Å². The van der Waals surface area contributed by atoms with E-state index in [1.807, 2.05) is 0 Å². The predicted molar refractivity (Wildman–Crippen MR) is 194 cm³/mol. The summed E-state index contributed by atoms with van der Waals surface area (Å²) >= 11 is 0. The first-order valence-electron chi connectivity index (χ1n) is 19.8. The molecule has 0 aliphatic heterocycles. The highest BCUT2D eigenvalue weighted by Gasteiger charge is 2.51. The van der Waals surface area contributed by atoms with E-state index in [1.54, 1.807) is 0 Å². The summed E-state index contributed by atoms with van der Waals surface area (Å²) in [5, 5.41) is 49.9. The molecule has 0 bridgehead atoms. The Kier molecular flexibility index (Phi) is 27.4. The number of aliphatic hydroxyl groups excluding tert-OH is 5. The van der Waals surface area contributed by atoms with E-state index >= 15 is 0 Å². The normalized spacial score (nSPS) is 23.8. The van der Waals surface area contributed by atoms with Crippen molar-refractivity contribution in [2.45, 2.75) is 211 Å². The smallest absolute Gasteiger partial charge is 0.462 e. The van der Waals surface area contributed by atoms with Gasteiger partial charge in [0, 0.05) is 12.8 Å². The number of phosphoric acid groups is 1. The van der Waals surface area contributed by atoms with Crippen LogP contribution in [0.4, 0.5) is 0 Å². The molecule has 0 saturated heterocycles. The number of phosphoric ester groups is 1. The number of carbonyl (C=O) groups excluding carboxylic acids is 2. The van der Waals surface area contributed by atoms with Gasteiger partial charge in [0.05, 0.1) is 6.61 Å². The molecule has 0 aromatic heterocycles. The highest BCUT2D eigenvalue weighted by atomic mass is 31.2. The average Bonchev–Trinajstić information content (AvgIpc) is 3.10. The molecule has 0 aromatic carbocycles. The largest absolute Gasteiger partial charge is 0.472 e. The van der Waals surface area contributed by atoms with Crippen LogP contribution in [-0.4, -0.2) is 98.3 Å². The van der Waals surface area contributed by atoms with Gasteiger partial charge in [-0.25, -0.2) is 4.57 Å². The minimum atomic E-state index is -5.10. The third kappa shape index (κ3) is 22.6. The van der Waals surface area contributed by atoms with Crippen LogP contribution in [0.25, 0.3) is 0 Å². The Labute approximate surface area is 306 Å². The molecule has 51 heavy (non-hydrogen) atoms. The van der Waals surface area contributed by atoms with Crippen LogP contribution in [0.2, 0.25) is 0 Å². The van der Waals surface area contributed by atoms with Crippen molar-refractivity contribution in [2.75, 3.05) is 13.2 Å². The first kappa shape index (κ1) is 47.9. The van der Waals surface area contributed by atoms with Gasteiger partial charge >= 0.3 is 19.8 Å². The Morgan fingerprint density at radius 1 is 0.529 bits per heavy atom. The maximum atomic E-state index is 12.7. The van der Waals surface area contributed by atoms with Crippen LogP contribution < -0.4 is 0 Å². The molecule has 14 heteroatoms. The number of rotatable bonds is 32. The Morgan fingerprint density at radius 2 is 0.882 bits per heavy atom. The molecule has 1 saturated carbocycles. The summed E-state index contributed by atoms with van der Waals surface area (Å²) in [6.45, 7) is 3.24. The second-order valence-electron chi connectivity index (χ2n) is 14.2. The number of esters is 2. The quantitative estimate of drug-likeness (QED) is 0.0258. The molecule has 0 aromatic rings. The average molecular weight is 755 g/mol. The molecule has 13 nitrogen and oxygen atoms in total. The third-order valence-corrected chi connectivity index (χ3v) is 10.4. The zero-order valence-corrected chi connectivity index (χ0v) is 32.3. The van der Waals surface area contributed by atoms with Gasteiger partial charge in [-0.15, -0.1) is 0 Å². The highest BCUT2D eigenvalue weighted by Crippen LogP contribution is 2.47. The molecule has 1 fully saturated rings. The second-order valence-corrected chi connectivity index (χ2v) is 15.6. The Balaban J connectivity index is 2.51. The van der Waals surface area contributed by atoms with E-state index in [9.17, 15) is 44.6 Å². The van der Waals surface area contributed by atoms with E-state index in [1.165, 1.54) is 83.5 Å². The van der Waals surface area contributed by atoms with E-state index in [0.717, 1.165) is 44.9 Å². The number of carbonyl (C=O) groups is 2. The number of hydrogen-bond acceptors (Lipinski definition) is 12. The first-order valence-corrected chi connectivity index (χ1v) is 21.3. The lowest BCUT2D eigenvalue weighted by atomic mass is 9.85. The van der Waals surface area contributed by atoms with E-state index in [0.29, 0.717) is 12.8 Å². The number of aliphatic hydroxyl groups is 5. The van der Waals surface area contributed by atoms with Crippen LogP contribution in [0.5, 0.6) is 0 Å². The van der Waals surface area contributed by atoms with Crippen LogP contribution in [0.1, 0.15) is 168 Å². The summed E-state index contributed by atoms with van der Waals surface area (Å²) in [7, 11) is -5.10. The molecule has 0 heterocycles. The summed E-state index contributed by atoms with van der Waals surface area (Å²) in [5.41, 5.74) is 0. The highest BCUT2D eigenvalue weighted by molar-refractivity contribution is 7.47. The van der Waals surface area contributed by atoms with Crippen molar-refractivity contribution in [3.8, 4) is 0 Å². The maximum Gasteiger partial charge on any atom is 0.472 e. The summed E-state index contributed by atoms with van der Waals surface area (Å²) in [5.74, 6) is -1.09. The molecule has 1 aliphatic rings. The zero-order chi connectivity index (χ0) is 37.9. The van der Waals surface area contributed by atoms with Gasteiger partial charge in [0.25, 0.3) is 0 Å². The van der Waals surface area contributed by atoms with E-state index in [4.69, 9.17) is 18.5 Å². The Morgan fingerprint density at radius 3 is 1.29 bits per heavy atom. The minimum Gasteiger partial charge on any atom is -0.462 e. The van der Waals surface area contributed by atoms with E-state index in [2.05, 4.69) is 13.8 Å². The van der Waals surface area contributed by atoms with E-state index < -0.39 is 75.7 Å². The van der Waals surface area contributed by atoms with Crippen LogP contribution in [0.15, 0.2) is 0 Å². The van der Waals surface area contributed by atoms with Crippen LogP contribution >= 0.6 is 7.82 Å². The standard InChI is InChI=1S/C37H71O13P/c1-3-5-7-9-11-13-14-15-16-18-19-21-23-25-30(38)47-27-29(49-31(39)26-24-22-20-17-12-10-8-6-4-2)28-48-51(45,46)50-37-35(43)33(41)32(40)34(42)36(37)44/h29,32-37,40-44H,3-28H2,1-2H3,(H,45,46)/t29-,32?,33-,34?,35?,36?,37?/m1/s1. The zero-order valence-electron chi connectivity index (χ0n) is 31.4. The monoisotopic (exact) mass is 754 g/mol. The topological polar surface area (TPSA) is 210 Å². The number of ether oxygens (including phenoxy) is 2. The van der Waals surface area contributed by atoms with Crippen LogP contribution in [-0.2, 0) is 32.7 Å². The third-order valence-electron chi connectivity index (χ3n) is 9.45. The summed E-state index contributed by atoms with van der Waals surface area (Å²) in [6.07, 6.45) is 11.9. The van der Waals surface area contributed by atoms with Crippen molar-refractivity contribution in [1.82, 2.24) is 0 Å². The first-order chi connectivity index (χ1) is 24.4. The van der Waals surface area contributed by atoms with Crippen LogP contribution in [0.3, 0.4) is 0 Å². The van der Waals surface area contributed by atoms with Gasteiger partial charge in [0.1, 0.15) is 43.2 Å². The molecule has 8 atom stereocenters. The summed E-state index contributed by atoms with van der Waals surface area (Å²) in [4.78, 5) is 35.4. The molecular formula is C37H71O13P. The van der Waals surface area contributed by atoms with Gasteiger partial charge < -0.3 is 39.9 Å². The fourth-order valence-corrected chi connectivity index (χ4v) is 7.14. The molecule has 302 valence electrons. The van der Waals surface area contributed by atoms with Crippen molar-refractivity contribution in [2.24, 2.45) is 0 Å². The van der Waals surface area contributed by atoms with Crippen molar-refractivity contribution in [3.05, 3.63) is 0 Å². The molecule has 0 spiro atoms. The molecule has 1 aliphatic carbocycles. The maximum absolute atomic E-state index is 12.7. The molecule has 6 unspecified atom stereocenters. The summed E-state index contributed by atoms with van der Waals surface area (Å²) < 4.78 is 33.3. The predicted octanol–water partition coefficient (Wildman–Crippen LogP) is 6.16. The van der Waals surface area contributed by atoms with Gasteiger partial charge in [0.2, 0.25) is 0 Å². The molecule has 6 N–H and O–H groups in total. The minimum absolute atomic E-state index is 0.102. The fourth-order valence-electron chi connectivity index (χ4n) is 6.17. The lowest BCUT2D eigenvalue weighted by Crippen LogP contribution is -2.64. The summed E-state index contributed by atoms with van der Waals surface area (Å²) in [6, 6.07) is 0. The Bertz CT molecular complexity index is 922. The van der Waals surface area contributed by atoms with Gasteiger partial charge in [-0.05, 0) is 12.8 Å². The Hall–Kier alpha value is -1.15. The second kappa shape index (κ2) is 29.2. The molecular weight excluding hydrogens is 683 g/mol. The lowest BCUT2D eigenvalue weighted by Gasteiger charge is -2.41. The van der Waals surface area contributed by atoms with Crippen molar-refractivity contribution >= 4 is 19.8 Å². The SMILES string of the molecule is CCCCCCCCCCCCCCCC(=O)OC[C@H](COP(=O)(O)OC1C(O)C(O)C(O)[C@@H](O)C1O)OC(=O)CCCCCCCCCCC. The lowest BCUT2D eigenvalue weighted by molar-refractivity contribution is -0.220. The van der Waals surface area contributed by atoms with Gasteiger partial charge in [-0.3, -0.25) is 18.6 Å². The van der Waals surface area contributed by atoms with E-state index in [-0.39, 0.29) is 12.8 Å². The number of hydrogen-bond donors (Lipinski definition) is 6. The molecule has 1 rings (SSSR count). The van der Waals surface area contributed by atoms with Gasteiger partial charge in [-0.2, -0.15) is 0 Å². The van der Waals surface area contributed by atoms with Crippen molar-refractivity contribution < 1.29 is 63.1 Å². The van der Waals surface area contributed by atoms with Crippen LogP contribution in [0, 0.1) is 0 Å². The fraction of sp³-hybridized carbons (Fsp3) is 0.946. The molecule has 0 radical (unpaired) electrons. The molecule has 0 amide bonds.